The van der Waals surface area contributed by atoms with Crippen molar-refractivity contribution in [3.05, 3.63) is 56.8 Å². The minimum atomic E-state index is 0.0354. The highest BCUT2D eigenvalue weighted by atomic mass is 32.1. The van der Waals surface area contributed by atoms with Crippen LogP contribution in [0.4, 0.5) is 0 Å². The summed E-state index contributed by atoms with van der Waals surface area (Å²) in [7, 11) is 0. The van der Waals surface area contributed by atoms with Crippen molar-refractivity contribution < 1.29 is 0 Å². The smallest absolute Gasteiger partial charge is 0.0766 e. The largest absolute Gasteiger partial charge is 0.296 e. The summed E-state index contributed by atoms with van der Waals surface area (Å²) in [6, 6.07) is 9.78. The van der Waals surface area contributed by atoms with Crippen molar-refractivity contribution in [2.75, 3.05) is 0 Å². The van der Waals surface area contributed by atoms with Gasteiger partial charge < -0.3 is 0 Å². The molecular weight excluding hydrogens is 238 g/mol. The summed E-state index contributed by atoms with van der Waals surface area (Å²) in [5.41, 5.74) is 5.96. The topological polar surface area (TPSA) is 12.0 Å². The molecule has 4 rings (SSSR count). The fourth-order valence-electron chi connectivity index (χ4n) is 3.62. The number of fused-ring (bicyclic) bond motifs is 7. The fourth-order valence-corrected chi connectivity index (χ4v) is 4.71. The van der Waals surface area contributed by atoms with Gasteiger partial charge in [0.15, 0.2) is 0 Å². The van der Waals surface area contributed by atoms with Crippen molar-refractivity contribution >= 4 is 11.3 Å². The summed E-state index contributed by atoms with van der Waals surface area (Å²) in [4.78, 5) is 1.52. The van der Waals surface area contributed by atoms with Gasteiger partial charge in [-0.05, 0) is 54.8 Å². The molecule has 2 heteroatoms. The van der Waals surface area contributed by atoms with Gasteiger partial charge in [0.25, 0.3) is 0 Å². The Morgan fingerprint density at radius 1 is 1.33 bits per heavy atom. The maximum Gasteiger partial charge on any atom is 0.0766 e. The van der Waals surface area contributed by atoms with E-state index in [1.54, 1.807) is 5.56 Å². The van der Waals surface area contributed by atoms with Crippen molar-refractivity contribution in [2.45, 2.75) is 38.3 Å². The second-order valence-corrected chi connectivity index (χ2v) is 6.64. The Labute approximate surface area is 112 Å². The molecule has 0 fully saturated rings. The zero-order chi connectivity index (χ0) is 12.3. The highest BCUT2D eigenvalue weighted by Gasteiger charge is 2.44. The van der Waals surface area contributed by atoms with Gasteiger partial charge in [0, 0.05) is 10.9 Å². The van der Waals surface area contributed by atoms with E-state index in [2.05, 4.69) is 48.8 Å². The van der Waals surface area contributed by atoms with Gasteiger partial charge in [-0.25, -0.2) is 0 Å². The van der Waals surface area contributed by atoms with Gasteiger partial charge in [0.1, 0.15) is 0 Å². The molecule has 0 saturated carbocycles. The molecule has 0 aliphatic carbocycles. The Hall–Kier alpha value is -1.12. The van der Waals surface area contributed by atoms with Gasteiger partial charge in [-0.1, -0.05) is 23.8 Å². The first-order valence-electron chi connectivity index (χ1n) is 6.64. The van der Waals surface area contributed by atoms with E-state index in [4.69, 9.17) is 0 Å². The SMILES string of the molecule is Cc1ccc2c(c1)C1CCc3ccsc3C2(C)N1. The summed E-state index contributed by atoms with van der Waals surface area (Å²) in [5, 5.41) is 6.11. The third-order valence-corrected chi connectivity index (χ3v) is 5.67. The first-order chi connectivity index (χ1) is 8.68. The van der Waals surface area contributed by atoms with Crippen LogP contribution in [-0.4, -0.2) is 0 Å². The molecule has 2 atom stereocenters. The van der Waals surface area contributed by atoms with Crippen LogP contribution in [0.2, 0.25) is 0 Å². The Bertz CT molecular complexity index is 628. The second kappa shape index (κ2) is 3.46. The highest BCUT2D eigenvalue weighted by molar-refractivity contribution is 7.10. The Morgan fingerprint density at radius 2 is 2.22 bits per heavy atom. The van der Waals surface area contributed by atoms with E-state index in [1.807, 2.05) is 11.3 Å². The molecule has 18 heavy (non-hydrogen) atoms. The van der Waals surface area contributed by atoms with Crippen molar-refractivity contribution in [3.8, 4) is 0 Å². The van der Waals surface area contributed by atoms with Gasteiger partial charge in [-0.15, -0.1) is 11.3 Å². The summed E-state index contributed by atoms with van der Waals surface area (Å²) in [5.74, 6) is 0. The van der Waals surface area contributed by atoms with Crippen LogP contribution in [0.15, 0.2) is 29.6 Å². The Morgan fingerprint density at radius 3 is 3.11 bits per heavy atom. The number of aryl methyl sites for hydroxylation is 2. The molecule has 2 unspecified atom stereocenters. The molecule has 2 aliphatic heterocycles. The van der Waals surface area contributed by atoms with Crippen LogP contribution in [0.1, 0.15) is 46.5 Å². The Balaban J connectivity index is 2.01. The van der Waals surface area contributed by atoms with Gasteiger partial charge in [-0.3, -0.25) is 5.32 Å². The molecule has 1 N–H and O–H groups in total. The lowest BCUT2D eigenvalue weighted by Crippen LogP contribution is -2.34. The van der Waals surface area contributed by atoms with E-state index in [0.717, 1.165) is 0 Å². The lowest BCUT2D eigenvalue weighted by molar-refractivity contribution is 0.428. The molecule has 2 bridgehead atoms. The average Bonchev–Trinajstić information content (AvgIpc) is 2.87. The molecule has 2 aromatic rings. The maximum atomic E-state index is 3.87. The zero-order valence-electron chi connectivity index (χ0n) is 10.8. The van der Waals surface area contributed by atoms with Crippen LogP contribution in [-0.2, 0) is 12.0 Å². The van der Waals surface area contributed by atoms with E-state index in [9.17, 15) is 0 Å². The number of nitrogens with one attached hydrogen (secondary N) is 1. The van der Waals surface area contributed by atoms with Crippen LogP contribution in [0.25, 0.3) is 0 Å². The maximum absolute atomic E-state index is 3.87. The van der Waals surface area contributed by atoms with Crippen LogP contribution >= 0.6 is 11.3 Å². The normalized spacial score (nSPS) is 28.7. The van der Waals surface area contributed by atoms with Crippen LogP contribution in [0.5, 0.6) is 0 Å². The molecule has 1 nitrogen and oxygen atoms in total. The highest BCUT2D eigenvalue weighted by Crippen LogP contribution is 2.48. The van der Waals surface area contributed by atoms with E-state index in [-0.39, 0.29) is 5.54 Å². The van der Waals surface area contributed by atoms with Crippen molar-refractivity contribution in [2.24, 2.45) is 0 Å². The van der Waals surface area contributed by atoms with E-state index < -0.39 is 0 Å². The molecule has 0 radical (unpaired) electrons. The lowest BCUT2D eigenvalue weighted by atomic mass is 9.85. The van der Waals surface area contributed by atoms with Gasteiger partial charge in [-0.2, -0.15) is 0 Å². The van der Waals surface area contributed by atoms with E-state index in [1.165, 1.54) is 34.4 Å². The van der Waals surface area contributed by atoms with Crippen molar-refractivity contribution in [1.82, 2.24) is 5.32 Å². The zero-order valence-corrected chi connectivity index (χ0v) is 11.6. The van der Waals surface area contributed by atoms with Gasteiger partial charge in [0.2, 0.25) is 0 Å². The van der Waals surface area contributed by atoms with Gasteiger partial charge >= 0.3 is 0 Å². The number of thiophene rings is 1. The summed E-state index contributed by atoms with van der Waals surface area (Å²) in [6.07, 6.45) is 2.43. The monoisotopic (exact) mass is 255 g/mol. The first-order valence-corrected chi connectivity index (χ1v) is 7.52. The van der Waals surface area contributed by atoms with Crippen LogP contribution < -0.4 is 5.32 Å². The predicted octanol–water partition coefficient (Wildman–Crippen LogP) is 3.91. The van der Waals surface area contributed by atoms with Crippen molar-refractivity contribution in [1.29, 1.82) is 0 Å². The van der Waals surface area contributed by atoms with Crippen molar-refractivity contribution in [3.63, 3.8) is 0 Å². The van der Waals surface area contributed by atoms with Crippen LogP contribution in [0, 0.1) is 6.92 Å². The quantitative estimate of drug-likeness (QED) is 0.752. The average molecular weight is 255 g/mol. The Kier molecular flexibility index (Phi) is 2.07. The first kappa shape index (κ1) is 10.8. The third kappa shape index (κ3) is 1.25. The third-order valence-electron chi connectivity index (χ3n) is 4.49. The molecular formula is C16H17NS. The molecule has 0 saturated heterocycles. The minimum Gasteiger partial charge on any atom is -0.296 e. The fraction of sp³-hybridized carbons (Fsp3) is 0.375. The van der Waals surface area contributed by atoms with E-state index in [0.29, 0.717) is 6.04 Å². The summed E-state index contributed by atoms with van der Waals surface area (Å²) < 4.78 is 0. The van der Waals surface area contributed by atoms with Crippen LogP contribution in [0.3, 0.4) is 0 Å². The standard InChI is InChI=1S/C16H17NS/c1-10-3-5-13-12(9-10)14-6-4-11-7-8-18-15(11)16(13,2)17-14/h3,5,7-9,14,17H,4,6H2,1-2H3. The molecule has 3 heterocycles. The number of hydrogen-bond acceptors (Lipinski definition) is 2. The predicted molar refractivity (Wildman–Crippen MR) is 76.1 cm³/mol. The molecule has 0 amide bonds. The molecule has 1 aromatic carbocycles. The second-order valence-electron chi connectivity index (χ2n) is 5.73. The summed E-state index contributed by atoms with van der Waals surface area (Å²) >= 11 is 1.90. The molecule has 92 valence electrons. The molecule has 1 aromatic heterocycles. The lowest BCUT2D eigenvalue weighted by Gasteiger charge is -2.26. The minimum absolute atomic E-state index is 0.0354. The number of rotatable bonds is 0. The number of benzene rings is 1. The summed E-state index contributed by atoms with van der Waals surface area (Å²) in [6.45, 7) is 4.54. The molecule has 2 aliphatic rings. The number of hydrogen-bond donors (Lipinski definition) is 1. The van der Waals surface area contributed by atoms with E-state index >= 15 is 0 Å². The van der Waals surface area contributed by atoms with Gasteiger partial charge in [0.05, 0.1) is 5.54 Å². The molecule has 0 spiro atoms.